The van der Waals surface area contributed by atoms with E-state index in [4.69, 9.17) is 0 Å². The van der Waals surface area contributed by atoms with Crippen LogP contribution in [0.5, 0.6) is 0 Å². The van der Waals surface area contributed by atoms with Gasteiger partial charge in [0.05, 0.1) is 0 Å². The Balaban J connectivity index is 0. The van der Waals surface area contributed by atoms with Crippen molar-refractivity contribution in [2.24, 2.45) is 0 Å². The summed E-state index contributed by atoms with van der Waals surface area (Å²) in [5, 5.41) is 0. The van der Waals surface area contributed by atoms with Crippen LogP contribution in [0.1, 0.15) is 0 Å². The molecule has 0 atom stereocenters. The van der Waals surface area contributed by atoms with Crippen LogP contribution in [0.3, 0.4) is 0 Å². The van der Waals surface area contributed by atoms with Crippen LogP contribution in [0.15, 0.2) is 0 Å². The Kier molecular flexibility index (Phi) is 1520. The van der Waals surface area contributed by atoms with Crippen molar-refractivity contribution in [2.75, 3.05) is 0 Å². The fraction of sp³-hybridized carbons (Fsp3) is 0. The van der Waals surface area contributed by atoms with Crippen molar-refractivity contribution in [3.8, 4) is 0 Å². The molecule has 0 N–H and O–H groups in total. The number of hydrogen-bond acceptors (Lipinski definition) is 0. The Morgan fingerprint density at radius 3 is 0.200 bits per heavy atom. The first-order valence-corrected chi connectivity index (χ1v) is 0. The fourth-order valence-corrected chi connectivity index (χ4v) is 0. The number of hydrogen-bond donors (Lipinski definition) is 0. The van der Waals surface area contributed by atoms with Gasteiger partial charge in [0.1, 0.15) is 0 Å². The zero-order chi connectivity index (χ0) is 0. The molecule has 10 heavy (non-hydrogen) atoms. The van der Waals surface area contributed by atoms with Crippen molar-refractivity contribution in [2.45, 2.75) is 0 Å². The summed E-state index contributed by atoms with van der Waals surface area (Å²) >= 11 is 0. The average molecular weight is 1120 g/mol. The van der Waals surface area contributed by atoms with Gasteiger partial charge in [-0.05, 0) is 0 Å². The second-order valence-corrected chi connectivity index (χ2v) is 0. The van der Waals surface area contributed by atoms with Crippen LogP contribution < -0.4 is 23.5 Å². The molecule has 0 aliphatic rings. The smallest absolute Gasteiger partial charge is 1.00 e. The summed E-state index contributed by atoms with van der Waals surface area (Å²) in [6, 6.07) is 0. The largest absolute Gasteiger partial charge is 1.00 e. The summed E-state index contributed by atoms with van der Waals surface area (Å²) in [4.78, 5) is 0. The molecule has 50 valence electrons. The van der Waals surface area contributed by atoms with Crippen LogP contribution in [0.25, 0.3) is 0 Å². The first-order chi connectivity index (χ1) is 0. The molecule has 0 fully saturated rings. The molecule has 0 spiro atoms. The van der Waals surface area contributed by atoms with Gasteiger partial charge in [-0.15, -0.1) is 0 Å². The van der Waals surface area contributed by atoms with Crippen LogP contribution in [-0.4, -0.2) is 136 Å². The molecule has 0 saturated carbocycles. The molecule has 0 unspecified atom stereocenters. The second kappa shape index (κ2) is 110. The molecule has 0 amide bonds. The van der Waals surface area contributed by atoms with Gasteiger partial charge in [-0.1, -0.05) is 0 Å². The molecular formula is F5Tl5. The molecule has 0 aromatic carbocycles. The van der Waals surface area contributed by atoms with Gasteiger partial charge in [-0.3, -0.25) is 0 Å². The molecule has 0 aromatic rings. The second-order valence-electron chi connectivity index (χ2n) is 0. The first kappa shape index (κ1) is 138. The van der Waals surface area contributed by atoms with Gasteiger partial charge in [0.15, 0.2) is 0 Å². The standard InChI is InChI=1S/5FH.5Tl/h5*1H;;;;;/q;;;;;5*+1/p-5. The summed E-state index contributed by atoms with van der Waals surface area (Å²) in [5.41, 5.74) is 0. The van der Waals surface area contributed by atoms with Crippen LogP contribution in [-0.2, 0) is 0 Å². The van der Waals surface area contributed by atoms with Crippen LogP contribution in [0, 0.1) is 0 Å². The van der Waals surface area contributed by atoms with E-state index in [1.165, 1.54) is 0 Å². The maximum Gasteiger partial charge on any atom is 1.00 e. The topological polar surface area (TPSA) is 0 Å². The summed E-state index contributed by atoms with van der Waals surface area (Å²) in [7, 11) is 0. The van der Waals surface area contributed by atoms with E-state index >= 15 is 0 Å². The summed E-state index contributed by atoms with van der Waals surface area (Å²) in [6.45, 7) is 0. The zero-order valence-corrected chi connectivity index (χ0v) is 27.2. The predicted molar refractivity (Wildman–Crippen MR) is 28.8 cm³/mol. The summed E-state index contributed by atoms with van der Waals surface area (Å²) in [5.74, 6) is 0. The number of rotatable bonds is 0. The average Bonchev–Trinajstić information content (AvgIpc) is 0. The Morgan fingerprint density at radius 2 is 0.200 bits per heavy atom. The normalized spacial score (nSPS) is 0. The maximum atomic E-state index is 0. The first-order valence-electron chi connectivity index (χ1n) is 0. The molecule has 0 heterocycles. The molecule has 0 bridgehead atoms. The zero-order valence-electron chi connectivity index (χ0n) is 4.78. The molecule has 0 saturated heterocycles. The molecule has 0 aliphatic heterocycles. The van der Waals surface area contributed by atoms with E-state index in [0.29, 0.717) is 0 Å². The van der Waals surface area contributed by atoms with E-state index in [1.54, 1.807) is 0 Å². The molecule has 0 aromatic heterocycles. The van der Waals surface area contributed by atoms with Crippen molar-refractivity contribution in [1.29, 1.82) is 0 Å². The van der Waals surface area contributed by atoms with Crippen LogP contribution in [0.2, 0.25) is 0 Å². The van der Waals surface area contributed by atoms with Gasteiger partial charge in [0.2, 0.25) is 0 Å². The molecule has 0 rings (SSSR count). The minimum absolute atomic E-state index is 0. The van der Waals surface area contributed by atoms with Gasteiger partial charge in [0, 0.05) is 0 Å². The Bertz CT molecular complexity index is 10.0. The maximum absolute atomic E-state index is 0. The minimum atomic E-state index is 0. The third-order valence-electron chi connectivity index (χ3n) is 0. The molecule has 0 aliphatic carbocycles. The van der Waals surface area contributed by atoms with E-state index in [-0.39, 0.29) is 160 Å². The van der Waals surface area contributed by atoms with E-state index in [2.05, 4.69) is 0 Å². The summed E-state index contributed by atoms with van der Waals surface area (Å²) in [6.07, 6.45) is 0. The van der Waals surface area contributed by atoms with Crippen molar-refractivity contribution >= 4 is 136 Å². The van der Waals surface area contributed by atoms with E-state index in [0.717, 1.165) is 0 Å². The molecule has 0 nitrogen and oxygen atoms in total. The number of halogens is 5. The van der Waals surface area contributed by atoms with Crippen LogP contribution in [0.4, 0.5) is 0 Å². The van der Waals surface area contributed by atoms with E-state index in [9.17, 15) is 0 Å². The van der Waals surface area contributed by atoms with Gasteiger partial charge in [0.25, 0.3) is 0 Å². The van der Waals surface area contributed by atoms with E-state index < -0.39 is 0 Å². The van der Waals surface area contributed by atoms with Crippen molar-refractivity contribution in [1.82, 2.24) is 0 Å². The molecule has 0 radical (unpaired) electrons. The Hall–Kier alpha value is 4.26. The van der Waals surface area contributed by atoms with Crippen molar-refractivity contribution < 1.29 is 23.5 Å². The fourth-order valence-electron chi connectivity index (χ4n) is 0. The van der Waals surface area contributed by atoms with Gasteiger partial charge in [-0.2, -0.15) is 0 Å². The monoisotopic (exact) mass is 1120 g/mol. The Labute approximate surface area is 156 Å². The van der Waals surface area contributed by atoms with Crippen molar-refractivity contribution in [3.63, 3.8) is 0 Å². The molecule has 10 heteroatoms. The van der Waals surface area contributed by atoms with Gasteiger partial charge in [-0.25, -0.2) is 0 Å². The van der Waals surface area contributed by atoms with Gasteiger partial charge >= 0.3 is 136 Å². The SMILES string of the molecule is [F-].[F-].[F-].[F-].[F-].[Tl+].[Tl+].[Tl+].[Tl+].[Tl+]. The minimum Gasteiger partial charge on any atom is -1.00 e. The quantitative estimate of drug-likeness (QED) is 0.168. The van der Waals surface area contributed by atoms with E-state index in [1.807, 2.05) is 0 Å². The molecular weight excluding hydrogens is 1120 g/mol. The predicted octanol–water partition coefficient (Wildman–Crippen LogP) is -16.9. The third kappa shape index (κ3) is 85.6. The Morgan fingerprint density at radius 1 is 0.200 bits per heavy atom. The van der Waals surface area contributed by atoms with Crippen LogP contribution >= 0.6 is 0 Å². The van der Waals surface area contributed by atoms with Gasteiger partial charge < -0.3 is 23.5 Å². The third-order valence-corrected chi connectivity index (χ3v) is 0. The summed E-state index contributed by atoms with van der Waals surface area (Å²) < 4.78 is 0. The van der Waals surface area contributed by atoms with Crippen molar-refractivity contribution in [3.05, 3.63) is 0 Å².